The van der Waals surface area contributed by atoms with Crippen LogP contribution in [-0.4, -0.2) is 46.9 Å². The zero-order valence-corrected chi connectivity index (χ0v) is 18.2. The van der Waals surface area contributed by atoms with E-state index in [1.54, 1.807) is 29.3 Å². The van der Waals surface area contributed by atoms with Crippen LogP contribution in [0.3, 0.4) is 0 Å². The van der Waals surface area contributed by atoms with Gasteiger partial charge in [0, 0.05) is 36.1 Å². The number of methoxy groups -OCH3 is 1. The van der Waals surface area contributed by atoms with E-state index in [0.717, 1.165) is 11.1 Å². The van der Waals surface area contributed by atoms with E-state index in [1.807, 2.05) is 39.0 Å². The molecule has 1 N–H and O–H groups in total. The third-order valence-corrected chi connectivity index (χ3v) is 4.70. The van der Waals surface area contributed by atoms with Crippen molar-refractivity contribution in [2.75, 3.05) is 25.5 Å². The highest BCUT2D eigenvalue weighted by Gasteiger charge is 2.20. The molecule has 0 unspecified atom stereocenters. The number of amides is 1. The van der Waals surface area contributed by atoms with Crippen LogP contribution in [0.15, 0.2) is 42.6 Å². The minimum absolute atomic E-state index is 0. The van der Waals surface area contributed by atoms with Crippen LogP contribution in [0.1, 0.15) is 40.3 Å². The van der Waals surface area contributed by atoms with Crippen LogP contribution in [-0.2, 0) is 4.74 Å². The first-order valence-electron chi connectivity index (χ1n) is 9.49. The van der Waals surface area contributed by atoms with Crippen molar-refractivity contribution in [3.8, 4) is 0 Å². The van der Waals surface area contributed by atoms with Crippen LogP contribution in [0, 0.1) is 6.92 Å². The number of anilines is 2. The number of pyridine rings is 2. The molecule has 8 heteroatoms. The van der Waals surface area contributed by atoms with Crippen LogP contribution in [0.2, 0.25) is 0 Å². The number of ether oxygens (including phenoxy) is 1. The lowest BCUT2D eigenvalue weighted by Gasteiger charge is -2.21. The maximum absolute atomic E-state index is 13.1. The standard InChI is InChI=1S/C22H24N4O3.ClH/c1-5-26(6-2)21(27)18-13-23-20-17(11-10-14(3)24-20)19(18)25-16-9-7-8-15(12-16)22(28)29-4;/h7-13H,5-6H2,1-4H3,(H,23,24,25);1H. The van der Waals surface area contributed by atoms with Gasteiger partial charge in [-0.3, -0.25) is 4.79 Å². The van der Waals surface area contributed by atoms with Crippen LogP contribution in [0.5, 0.6) is 0 Å². The Balaban J connectivity index is 0.00000320. The molecule has 0 bridgehead atoms. The molecular weight excluding hydrogens is 404 g/mol. The molecule has 0 atom stereocenters. The summed E-state index contributed by atoms with van der Waals surface area (Å²) in [5, 5.41) is 4.04. The first-order valence-corrected chi connectivity index (χ1v) is 9.49. The van der Waals surface area contributed by atoms with Gasteiger partial charge in [-0.2, -0.15) is 0 Å². The van der Waals surface area contributed by atoms with Crippen molar-refractivity contribution >= 4 is 46.7 Å². The number of aryl methyl sites for hydroxylation is 1. The lowest BCUT2D eigenvalue weighted by atomic mass is 10.1. The Bertz CT molecular complexity index is 1070. The number of aromatic nitrogens is 2. The molecule has 1 amide bonds. The Morgan fingerprint density at radius 2 is 1.87 bits per heavy atom. The first-order chi connectivity index (χ1) is 14.0. The van der Waals surface area contributed by atoms with E-state index in [0.29, 0.717) is 41.2 Å². The number of carbonyl (C=O) groups excluding carboxylic acids is 2. The molecule has 0 spiro atoms. The average Bonchev–Trinajstić information content (AvgIpc) is 2.74. The number of esters is 1. The molecule has 0 radical (unpaired) electrons. The van der Waals surface area contributed by atoms with Gasteiger partial charge in [0.25, 0.3) is 5.91 Å². The van der Waals surface area contributed by atoms with Gasteiger partial charge >= 0.3 is 5.97 Å². The quantitative estimate of drug-likeness (QED) is 0.587. The fourth-order valence-corrected chi connectivity index (χ4v) is 3.14. The van der Waals surface area contributed by atoms with Crippen LogP contribution < -0.4 is 5.32 Å². The van der Waals surface area contributed by atoms with E-state index in [2.05, 4.69) is 15.3 Å². The molecule has 2 aromatic heterocycles. The Hall–Kier alpha value is -3.19. The summed E-state index contributed by atoms with van der Waals surface area (Å²) in [6, 6.07) is 10.7. The molecule has 0 saturated heterocycles. The van der Waals surface area contributed by atoms with Gasteiger partial charge in [0.1, 0.15) is 0 Å². The van der Waals surface area contributed by atoms with E-state index >= 15 is 0 Å². The number of nitrogens with one attached hydrogen (secondary N) is 1. The maximum Gasteiger partial charge on any atom is 0.337 e. The second kappa shape index (κ2) is 10.0. The number of hydrogen-bond acceptors (Lipinski definition) is 6. The predicted octanol–water partition coefficient (Wildman–Crippen LogP) is 4.37. The van der Waals surface area contributed by atoms with Crippen molar-refractivity contribution in [3.63, 3.8) is 0 Å². The molecular formula is C22H25ClN4O3. The van der Waals surface area contributed by atoms with E-state index in [1.165, 1.54) is 7.11 Å². The summed E-state index contributed by atoms with van der Waals surface area (Å²) in [5.74, 6) is -0.540. The van der Waals surface area contributed by atoms with E-state index in [4.69, 9.17) is 4.74 Å². The Labute approximate surface area is 181 Å². The van der Waals surface area contributed by atoms with Gasteiger partial charge in [0.2, 0.25) is 0 Å². The first kappa shape index (κ1) is 23.1. The van der Waals surface area contributed by atoms with E-state index in [9.17, 15) is 9.59 Å². The molecule has 0 saturated carbocycles. The van der Waals surface area contributed by atoms with Crippen molar-refractivity contribution in [3.05, 3.63) is 59.4 Å². The van der Waals surface area contributed by atoms with Gasteiger partial charge < -0.3 is 15.0 Å². The maximum atomic E-state index is 13.1. The summed E-state index contributed by atoms with van der Waals surface area (Å²) < 4.78 is 4.80. The SMILES string of the molecule is CCN(CC)C(=O)c1cnc2nc(C)ccc2c1Nc1cccc(C(=O)OC)c1.Cl. The predicted molar refractivity (Wildman–Crippen MR) is 120 cm³/mol. The number of halogens is 1. The third kappa shape index (κ3) is 4.68. The molecule has 1 aromatic carbocycles. The van der Waals surface area contributed by atoms with Crippen LogP contribution >= 0.6 is 12.4 Å². The van der Waals surface area contributed by atoms with Crippen molar-refractivity contribution in [1.29, 1.82) is 0 Å². The van der Waals surface area contributed by atoms with E-state index < -0.39 is 5.97 Å². The van der Waals surface area contributed by atoms with Crippen LogP contribution in [0.25, 0.3) is 11.0 Å². The normalized spacial score (nSPS) is 10.3. The molecule has 0 aliphatic carbocycles. The summed E-state index contributed by atoms with van der Waals surface area (Å²) >= 11 is 0. The van der Waals surface area contributed by atoms with Crippen molar-refractivity contribution in [1.82, 2.24) is 14.9 Å². The van der Waals surface area contributed by atoms with Crippen molar-refractivity contribution < 1.29 is 14.3 Å². The summed E-state index contributed by atoms with van der Waals surface area (Å²) in [4.78, 5) is 35.6. The Morgan fingerprint density at radius 3 is 2.53 bits per heavy atom. The lowest BCUT2D eigenvalue weighted by Crippen LogP contribution is -2.31. The molecule has 0 aliphatic rings. The van der Waals surface area contributed by atoms with Crippen LogP contribution in [0.4, 0.5) is 11.4 Å². The molecule has 0 fully saturated rings. The fraction of sp³-hybridized carbons (Fsp3) is 0.273. The molecule has 3 rings (SSSR count). The van der Waals surface area contributed by atoms with E-state index in [-0.39, 0.29) is 18.3 Å². The van der Waals surface area contributed by atoms with Gasteiger partial charge in [-0.25, -0.2) is 14.8 Å². The molecule has 7 nitrogen and oxygen atoms in total. The zero-order chi connectivity index (χ0) is 21.0. The summed E-state index contributed by atoms with van der Waals surface area (Å²) in [6.07, 6.45) is 1.56. The smallest absolute Gasteiger partial charge is 0.337 e. The highest BCUT2D eigenvalue weighted by Crippen LogP contribution is 2.30. The molecule has 3 aromatic rings. The number of rotatable bonds is 6. The van der Waals surface area contributed by atoms with Gasteiger partial charge in [0.15, 0.2) is 5.65 Å². The van der Waals surface area contributed by atoms with Gasteiger partial charge in [0.05, 0.1) is 23.9 Å². The number of carbonyl (C=O) groups is 2. The van der Waals surface area contributed by atoms with Crippen molar-refractivity contribution in [2.45, 2.75) is 20.8 Å². The highest BCUT2D eigenvalue weighted by molar-refractivity contribution is 6.07. The largest absolute Gasteiger partial charge is 0.465 e. The molecule has 0 aliphatic heterocycles. The third-order valence-electron chi connectivity index (χ3n) is 4.70. The number of fused-ring (bicyclic) bond motifs is 1. The molecule has 2 heterocycles. The highest BCUT2D eigenvalue weighted by atomic mass is 35.5. The Morgan fingerprint density at radius 1 is 1.13 bits per heavy atom. The van der Waals surface area contributed by atoms with Gasteiger partial charge in [-0.15, -0.1) is 12.4 Å². The number of benzene rings is 1. The number of nitrogens with zero attached hydrogens (tertiary/aromatic N) is 3. The number of hydrogen-bond donors (Lipinski definition) is 1. The average molecular weight is 429 g/mol. The summed E-state index contributed by atoms with van der Waals surface area (Å²) in [7, 11) is 1.34. The van der Waals surface area contributed by atoms with Crippen molar-refractivity contribution in [2.24, 2.45) is 0 Å². The summed E-state index contributed by atoms with van der Waals surface area (Å²) in [5.41, 5.74) is 3.53. The lowest BCUT2D eigenvalue weighted by molar-refractivity contribution is 0.0600. The minimum atomic E-state index is -0.426. The second-order valence-electron chi connectivity index (χ2n) is 6.55. The zero-order valence-electron chi connectivity index (χ0n) is 17.4. The van der Waals surface area contributed by atoms with Gasteiger partial charge in [-0.1, -0.05) is 6.07 Å². The molecule has 30 heavy (non-hydrogen) atoms. The fourth-order valence-electron chi connectivity index (χ4n) is 3.14. The monoisotopic (exact) mass is 428 g/mol. The topological polar surface area (TPSA) is 84.4 Å². The Kier molecular flexibility index (Phi) is 7.72. The minimum Gasteiger partial charge on any atom is -0.465 e. The van der Waals surface area contributed by atoms with Gasteiger partial charge in [-0.05, 0) is 51.1 Å². The molecule has 158 valence electrons. The second-order valence-corrected chi connectivity index (χ2v) is 6.55. The summed E-state index contributed by atoms with van der Waals surface area (Å²) in [6.45, 7) is 6.96.